The zero-order valence-electron chi connectivity index (χ0n) is 21.6. The number of aryl methyl sites for hydroxylation is 1. The van der Waals surface area contributed by atoms with Crippen LogP contribution in [0.15, 0.2) is 74.5 Å². The van der Waals surface area contributed by atoms with Crippen molar-refractivity contribution in [3.8, 4) is 17.4 Å². The highest BCUT2D eigenvalue weighted by Gasteiger charge is 2.18. The lowest BCUT2D eigenvalue weighted by atomic mass is 10.2. The molecule has 1 aromatic heterocycles. The molecule has 11 nitrogen and oxygen atoms in total. The molecule has 0 fully saturated rings. The van der Waals surface area contributed by atoms with Gasteiger partial charge in [-0.1, -0.05) is 53.0 Å². The summed E-state index contributed by atoms with van der Waals surface area (Å²) >= 11 is 25.3. The number of rotatable bonds is 8. The zero-order valence-corrected chi connectivity index (χ0v) is 24.6. The smallest absolute Gasteiger partial charge is 0.350 e. The summed E-state index contributed by atoms with van der Waals surface area (Å²) < 4.78 is 11.7. The van der Waals surface area contributed by atoms with Gasteiger partial charge in [0.15, 0.2) is 0 Å². The topological polar surface area (TPSA) is 121 Å². The number of aliphatic imine (C=N–C) groups is 3. The SMILES string of the molecule is C=C1N=C(OC)C(/N=C/c2cc(Cl)cc(Cl)c2OOc2c(Cl)cc(Cl)cc2/C=N/c2cn(C)c(=O)nc2OC)=CN1. The molecule has 0 aliphatic carbocycles. The summed E-state index contributed by atoms with van der Waals surface area (Å²) in [6.45, 7) is 3.72. The van der Waals surface area contributed by atoms with Gasteiger partial charge in [0.1, 0.15) is 17.2 Å². The Balaban J connectivity index is 1.66. The summed E-state index contributed by atoms with van der Waals surface area (Å²) in [6.07, 6.45) is 5.87. The fourth-order valence-electron chi connectivity index (χ4n) is 3.31. The van der Waals surface area contributed by atoms with Gasteiger partial charge in [-0.3, -0.25) is 14.3 Å². The fourth-order valence-corrected chi connectivity index (χ4v) is 4.39. The molecular formula is C26H20Cl4N6O5. The van der Waals surface area contributed by atoms with Gasteiger partial charge in [0, 0.05) is 53.0 Å². The van der Waals surface area contributed by atoms with Crippen LogP contribution in [0.4, 0.5) is 5.69 Å². The second kappa shape index (κ2) is 13.1. The predicted molar refractivity (Wildman–Crippen MR) is 160 cm³/mol. The van der Waals surface area contributed by atoms with Crippen molar-refractivity contribution in [3.05, 3.63) is 96.5 Å². The van der Waals surface area contributed by atoms with Crippen LogP contribution in [0.1, 0.15) is 11.1 Å². The van der Waals surface area contributed by atoms with Gasteiger partial charge in [0.05, 0.1) is 24.3 Å². The Bertz CT molecular complexity index is 1700. The van der Waals surface area contributed by atoms with Gasteiger partial charge < -0.3 is 14.8 Å². The van der Waals surface area contributed by atoms with Crippen molar-refractivity contribution in [2.75, 3.05) is 14.2 Å². The molecule has 2 aromatic carbocycles. The van der Waals surface area contributed by atoms with Gasteiger partial charge in [0.2, 0.25) is 23.3 Å². The number of aromatic nitrogens is 2. The average molecular weight is 638 g/mol. The standard InChI is InChI=1S/C26H20Cl4N6O5/c1-13-31-11-20(24(34-13)38-3)32-9-14-5-16(27)7-18(29)22(14)40-41-23-15(6-17(28)8-19(23)30)10-33-21-12-36(2)26(37)35-25(21)39-4/h5-12,31H,1H2,2-4H3/b32-9+,33-10+. The molecule has 1 aliphatic heterocycles. The van der Waals surface area contributed by atoms with Crippen LogP contribution >= 0.6 is 46.4 Å². The number of nitrogens with zero attached hydrogens (tertiary/aromatic N) is 5. The third-order valence-electron chi connectivity index (χ3n) is 5.22. The van der Waals surface area contributed by atoms with Gasteiger partial charge in [-0.2, -0.15) is 9.98 Å². The van der Waals surface area contributed by atoms with Crippen LogP contribution in [0.2, 0.25) is 20.1 Å². The lowest BCUT2D eigenvalue weighted by Gasteiger charge is -2.14. The minimum atomic E-state index is -0.504. The molecule has 1 aliphatic rings. The molecule has 4 rings (SSSR count). The zero-order chi connectivity index (χ0) is 29.7. The second-order valence-corrected chi connectivity index (χ2v) is 9.75. The van der Waals surface area contributed by atoms with Crippen LogP contribution in [-0.4, -0.2) is 42.1 Å². The molecule has 0 amide bonds. The Labute approximate surface area is 253 Å². The molecule has 0 saturated carbocycles. The van der Waals surface area contributed by atoms with Crippen molar-refractivity contribution in [2.45, 2.75) is 0 Å². The second-order valence-electron chi connectivity index (χ2n) is 8.07. The van der Waals surface area contributed by atoms with E-state index in [0.717, 1.165) is 0 Å². The minimum absolute atomic E-state index is 0.0299. The van der Waals surface area contributed by atoms with Gasteiger partial charge >= 0.3 is 5.69 Å². The molecule has 0 atom stereocenters. The number of nitrogens with one attached hydrogen (secondary N) is 1. The maximum Gasteiger partial charge on any atom is 0.350 e. The van der Waals surface area contributed by atoms with Crippen molar-refractivity contribution in [1.29, 1.82) is 0 Å². The lowest BCUT2D eigenvalue weighted by molar-refractivity contribution is -0.0999. The molecule has 0 spiro atoms. The maximum atomic E-state index is 11.8. The van der Waals surface area contributed by atoms with E-state index in [1.165, 1.54) is 56.6 Å². The van der Waals surface area contributed by atoms with E-state index in [0.29, 0.717) is 32.7 Å². The quantitative estimate of drug-likeness (QED) is 0.185. The Morgan fingerprint density at radius 3 is 2.07 bits per heavy atom. The summed E-state index contributed by atoms with van der Waals surface area (Å²) in [5, 5.41) is 3.73. The van der Waals surface area contributed by atoms with Gasteiger partial charge in [0.25, 0.3) is 0 Å². The predicted octanol–water partition coefficient (Wildman–Crippen LogP) is 5.91. The van der Waals surface area contributed by atoms with Crippen LogP contribution in [0.5, 0.6) is 17.4 Å². The molecule has 2 heterocycles. The van der Waals surface area contributed by atoms with E-state index in [1.54, 1.807) is 18.3 Å². The van der Waals surface area contributed by atoms with Crippen LogP contribution < -0.4 is 25.5 Å². The Morgan fingerprint density at radius 1 is 0.927 bits per heavy atom. The number of benzene rings is 2. The third kappa shape index (κ3) is 7.19. The Morgan fingerprint density at radius 2 is 1.51 bits per heavy atom. The largest absolute Gasteiger partial charge is 0.479 e. The first kappa shape index (κ1) is 29.9. The number of hydrogen-bond acceptors (Lipinski definition) is 10. The van der Waals surface area contributed by atoms with E-state index in [1.807, 2.05) is 0 Å². The summed E-state index contributed by atoms with van der Waals surface area (Å²) in [5.41, 5.74) is 0.842. The van der Waals surface area contributed by atoms with E-state index >= 15 is 0 Å². The summed E-state index contributed by atoms with van der Waals surface area (Å²) in [4.78, 5) is 39.9. The van der Waals surface area contributed by atoms with Crippen molar-refractivity contribution in [2.24, 2.45) is 22.0 Å². The number of halogens is 4. The number of methoxy groups -OCH3 is 2. The number of hydrogen-bond donors (Lipinski definition) is 1. The first-order valence-electron chi connectivity index (χ1n) is 11.4. The Hall–Kier alpha value is -4.03. The first-order chi connectivity index (χ1) is 19.6. The summed E-state index contributed by atoms with van der Waals surface area (Å²) in [5.74, 6) is 0.829. The maximum absolute atomic E-state index is 11.8. The molecular weight excluding hydrogens is 618 g/mol. The average Bonchev–Trinajstić information content (AvgIpc) is 2.92. The van der Waals surface area contributed by atoms with Crippen LogP contribution in [0.25, 0.3) is 0 Å². The molecule has 15 heteroatoms. The van der Waals surface area contributed by atoms with Crippen molar-refractivity contribution in [3.63, 3.8) is 0 Å². The van der Waals surface area contributed by atoms with Crippen molar-refractivity contribution in [1.82, 2.24) is 14.9 Å². The van der Waals surface area contributed by atoms with Crippen molar-refractivity contribution < 1.29 is 19.2 Å². The van der Waals surface area contributed by atoms with Crippen LogP contribution in [-0.2, 0) is 11.8 Å². The molecule has 0 radical (unpaired) electrons. The van der Waals surface area contributed by atoms with Crippen LogP contribution in [0.3, 0.4) is 0 Å². The summed E-state index contributed by atoms with van der Waals surface area (Å²) in [6, 6.07) is 6.05. The van der Waals surface area contributed by atoms with Gasteiger partial charge in [-0.25, -0.2) is 14.8 Å². The highest BCUT2D eigenvalue weighted by molar-refractivity contribution is 6.37. The van der Waals surface area contributed by atoms with E-state index in [-0.39, 0.29) is 39.0 Å². The molecule has 1 N–H and O–H groups in total. The van der Waals surface area contributed by atoms with E-state index in [4.69, 9.17) is 65.7 Å². The lowest BCUT2D eigenvalue weighted by Crippen LogP contribution is -2.19. The molecule has 0 bridgehead atoms. The van der Waals surface area contributed by atoms with E-state index in [9.17, 15) is 4.79 Å². The van der Waals surface area contributed by atoms with Gasteiger partial charge in [-0.05, 0) is 24.3 Å². The monoisotopic (exact) mass is 636 g/mol. The third-order valence-corrected chi connectivity index (χ3v) is 6.22. The molecule has 0 unspecified atom stereocenters. The molecule has 3 aromatic rings. The fraction of sp³-hybridized carbons (Fsp3) is 0.115. The van der Waals surface area contributed by atoms with Crippen LogP contribution in [0, 0.1) is 0 Å². The minimum Gasteiger partial charge on any atom is -0.479 e. The first-order valence-corrected chi connectivity index (χ1v) is 12.9. The highest BCUT2D eigenvalue weighted by Crippen LogP contribution is 2.36. The van der Waals surface area contributed by atoms with E-state index < -0.39 is 5.69 Å². The van der Waals surface area contributed by atoms with Crippen molar-refractivity contribution >= 4 is 70.4 Å². The highest BCUT2D eigenvalue weighted by atomic mass is 35.5. The molecule has 212 valence electrons. The van der Waals surface area contributed by atoms with Gasteiger partial charge in [-0.15, -0.1) is 0 Å². The molecule has 0 saturated heterocycles. The Kier molecular flexibility index (Phi) is 9.56. The normalized spacial score (nSPS) is 13.2. The summed E-state index contributed by atoms with van der Waals surface area (Å²) in [7, 11) is 4.36. The number of ether oxygens (including phenoxy) is 2. The molecule has 41 heavy (non-hydrogen) atoms. The van der Waals surface area contributed by atoms with E-state index in [2.05, 4.69) is 31.9 Å².